The number of amides is 2. The predicted octanol–water partition coefficient (Wildman–Crippen LogP) is 4.58. The summed E-state index contributed by atoms with van der Waals surface area (Å²) in [6.45, 7) is 1.06. The van der Waals surface area contributed by atoms with E-state index in [1.807, 2.05) is 45.2 Å². The van der Waals surface area contributed by atoms with Gasteiger partial charge in [-0.1, -0.05) is 18.6 Å². The highest BCUT2D eigenvalue weighted by Crippen LogP contribution is 2.19. The molecular weight excluding hydrogens is 397 g/mol. The minimum atomic E-state index is -4.85. The summed E-state index contributed by atoms with van der Waals surface area (Å²) in [6, 6.07) is 7.87. The van der Waals surface area contributed by atoms with Crippen LogP contribution >= 0.6 is 22.7 Å². The third-order valence-corrected chi connectivity index (χ3v) is 5.54. The van der Waals surface area contributed by atoms with Gasteiger partial charge < -0.3 is 10.2 Å². The number of hydrogen-bond acceptors (Lipinski definition) is 4. The van der Waals surface area contributed by atoms with Gasteiger partial charge in [-0.05, 0) is 35.7 Å². The third kappa shape index (κ3) is 7.72. The summed E-state index contributed by atoms with van der Waals surface area (Å²) in [7, 11) is 0. The summed E-state index contributed by atoms with van der Waals surface area (Å²) in [5.41, 5.74) is 0. The average Bonchev–Trinajstić information content (AvgIpc) is 3.30. The Morgan fingerprint density at radius 3 is 2.04 bits per heavy atom. The van der Waals surface area contributed by atoms with E-state index in [9.17, 15) is 22.8 Å². The Hall–Kier alpha value is -1.87. The molecule has 0 fully saturated rings. The van der Waals surface area contributed by atoms with Gasteiger partial charge in [0, 0.05) is 22.7 Å². The number of thiophene rings is 2. The molecule has 2 rings (SSSR count). The molecule has 1 N–H and O–H groups in total. The fourth-order valence-corrected chi connectivity index (χ4v) is 3.89. The van der Waals surface area contributed by atoms with Gasteiger partial charge in [-0.3, -0.25) is 9.59 Å². The molecule has 0 aromatic carbocycles. The van der Waals surface area contributed by atoms with E-state index in [4.69, 9.17) is 0 Å². The first-order valence-corrected chi connectivity index (χ1v) is 10.3. The normalized spacial score (nSPS) is 11.4. The topological polar surface area (TPSA) is 49.4 Å². The lowest BCUT2D eigenvalue weighted by molar-refractivity contribution is -0.173. The molecular formula is C18H21F3N2O2S2. The largest absolute Gasteiger partial charge is 0.471 e. The number of carbonyl (C=O) groups excluding carboxylic acids is 2. The van der Waals surface area contributed by atoms with Crippen LogP contribution in [0.3, 0.4) is 0 Å². The van der Waals surface area contributed by atoms with Crippen molar-refractivity contribution in [3.05, 3.63) is 44.8 Å². The SMILES string of the molecule is O=C(CCCCCNC(=O)C(F)(F)F)N(Cc1cccs1)Cc1cccs1. The highest BCUT2D eigenvalue weighted by molar-refractivity contribution is 7.10. The molecule has 2 aromatic heterocycles. The van der Waals surface area contributed by atoms with Crippen LogP contribution in [0.25, 0.3) is 0 Å². The fraction of sp³-hybridized carbons (Fsp3) is 0.444. The lowest BCUT2D eigenvalue weighted by atomic mass is 10.1. The van der Waals surface area contributed by atoms with Crippen LogP contribution < -0.4 is 5.32 Å². The summed E-state index contributed by atoms with van der Waals surface area (Å²) < 4.78 is 36.2. The highest BCUT2D eigenvalue weighted by atomic mass is 32.1. The van der Waals surface area contributed by atoms with Crippen LogP contribution in [0.15, 0.2) is 35.0 Å². The zero-order valence-corrected chi connectivity index (χ0v) is 16.3. The van der Waals surface area contributed by atoms with Gasteiger partial charge in [-0.2, -0.15) is 13.2 Å². The summed E-state index contributed by atoms with van der Waals surface area (Å²) in [5, 5.41) is 5.78. The lowest BCUT2D eigenvalue weighted by Gasteiger charge is -2.21. The Labute approximate surface area is 164 Å². The summed E-state index contributed by atoms with van der Waals surface area (Å²) in [5.74, 6) is -1.90. The predicted molar refractivity (Wildman–Crippen MR) is 100 cm³/mol. The van der Waals surface area contributed by atoms with Gasteiger partial charge in [0.25, 0.3) is 0 Å². The van der Waals surface area contributed by atoms with E-state index in [1.165, 1.54) is 0 Å². The van der Waals surface area contributed by atoms with Crippen molar-refractivity contribution in [2.75, 3.05) is 6.54 Å². The molecule has 0 spiro atoms. The van der Waals surface area contributed by atoms with E-state index < -0.39 is 12.1 Å². The second-order valence-corrected chi connectivity index (χ2v) is 8.04. The molecule has 2 amide bonds. The van der Waals surface area contributed by atoms with Crippen LogP contribution in [-0.2, 0) is 22.7 Å². The van der Waals surface area contributed by atoms with Crippen molar-refractivity contribution in [1.82, 2.24) is 10.2 Å². The van der Waals surface area contributed by atoms with Gasteiger partial charge in [0.1, 0.15) is 0 Å². The average molecular weight is 419 g/mol. The van der Waals surface area contributed by atoms with Crippen molar-refractivity contribution >= 4 is 34.5 Å². The smallest absolute Gasteiger partial charge is 0.348 e. The number of alkyl halides is 3. The van der Waals surface area contributed by atoms with E-state index in [0.29, 0.717) is 38.8 Å². The fourth-order valence-electron chi connectivity index (χ4n) is 2.45. The molecule has 0 radical (unpaired) electrons. The maximum atomic E-state index is 12.6. The van der Waals surface area contributed by atoms with Crippen LogP contribution in [0.1, 0.15) is 35.4 Å². The van der Waals surface area contributed by atoms with Crippen molar-refractivity contribution in [3.8, 4) is 0 Å². The Morgan fingerprint density at radius 1 is 0.963 bits per heavy atom. The summed E-state index contributed by atoms with van der Waals surface area (Å²) in [4.78, 5) is 27.3. The van der Waals surface area contributed by atoms with Crippen molar-refractivity contribution in [1.29, 1.82) is 0 Å². The number of carbonyl (C=O) groups is 2. The van der Waals surface area contributed by atoms with Gasteiger partial charge in [0.15, 0.2) is 0 Å². The van der Waals surface area contributed by atoms with E-state index in [0.717, 1.165) is 9.75 Å². The van der Waals surface area contributed by atoms with Gasteiger partial charge in [0.2, 0.25) is 5.91 Å². The molecule has 0 aliphatic carbocycles. The first kappa shape index (κ1) is 21.4. The quantitative estimate of drug-likeness (QED) is 0.575. The van der Waals surface area contributed by atoms with Gasteiger partial charge in [-0.25, -0.2) is 0 Å². The maximum Gasteiger partial charge on any atom is 0.471 e. The number of halogens is 3. The molecule has 0 aliphatic rings. The first-order valence-electron chi connectivity index (χ1n) is 8.54. The molecule has 0 bridgehead atoms. The van der Waals surface area contributed by atoms with Crippen molar-refractivity contribution in [3.63, 3.8) is 0 Å². The third-order valence-electron chi connectivity index (χ3n) is 3.82. The molecule has 0 unspecified atom stereocenters. The van der Waals surface area contributed by atoms with Crippen molar-refractivity contribution < 1.29 is 22.8 Å². The zero-order chi connectivity index (χ0) is 19.7. The van der Waals surface area contributed by atoms with E-state index in [-0.39, 0.29) is 12.5 Å². The molecule has 9 heteroatoms. The summed E-state index contributed by atoms with van der Waals surface area (Å²) >= 11 is 3.20. The van der Waals surface area contributed by atoms with Crippen LogP contribution in [-0.4, -0.2) is 29.4 Å². The Kier molecular flexibility index (Phi) is 8.30. The minimum Gasteiger partial charge on any atom is -0.348 e. The molecule has 27 heavy (non-hydrogen) atoms. The standard InChI is InChI=1S/C18H21F3N2O2S2/c19-18(20,21)17(25)22-9-3-1-2-8-16(24)23(12-14-6-4-10-26-14)13-15-7-5-11-27-15/h4-7,10-11H,1-3,8-9,12-13H2,(H,22,25). The molecule has 148 valence electrons. The van der Waals surface area contributed by atoms with Gasteiger partial charge in [-0.15, -0.1) is 22.7 Å². The molecule has 2 heterocycles. The van der Waals surface area contributed by atoms with Crippen LogP contribution in [0.5, 0.6) is 0 Å². The van der Waals surface area contributed by atoms with Crippen LogP contribution in [0.2, 0.25) is 0 Å². The number of hydrogen-bond donors (Lipinski definition) is 1. The van der Waals surface area contributed by atoms with Crippen LogP contribution in [0, 0.1) is 0 Å². The lowest BCUT2D eigenvalue weighted by Crippen LogP contribution is -2.37. The van der Waals surface area contributed by atoms with E-state index >= 15 is 0 Å². The maximum absolute atomic E-state index is 12.6. The second kappa shape index (κ2) is 10.5. The molecule has 0 atom stereocenters. The van der Waals surface area contributed by atoms with Gasteiger partial charge >= 0.3 is 12.1 Å². The van der Waals surface area contributed by atoms with E-state index in [2.05, 4.69) is 0 Å². The number of nitrogens with one attached hydrogen (secondary N) is 1. The highest BCUT2D eigenvalue weighted by Gasteiger charge is 2.38. The Balaban J connectivity index is 1.74. The number of rotatable bonds is 10. The van der Waals surface area contributed by atoms with Gasteiger partial charge in [0.05, 0.1) is 13.1 Å². The minimum absolute atomic E-state index is 0.0242. The van der Waals surface area contributed by atoms with E-state index in [1.54, 1.807) is 22.7 Å². The Bertz CT molecular complexity index is 665. The van der Waals surface area contributed by atoms with Crippen molar-refractivity contribution in [2.24, 2.45) is 0 Å². The number of nitrogens with zero attached hydrogens (tertiary/aromatic N) is 1. The first-order chi connectivity index (χ1) is 12.9. The molecule has 2 aromatic rings. The number of unbranched alkanes of at least 4 members (excludes halogenated alkanes) is 2. The molecule has 4 nitrogen and oxygen atoms in total. The molecule has 0 aliphatic heterocycles. The monoisotopic (exact) mass is 418 g/mol. The molecule has 0 saturated heterocycles. The Morgan fingerprint density at radius 2 is 1.56 bits per heavy atom. The zero-order valence-electron chi connectivity index (χ0n) is 14.6. The molecule has 0 saturated carbocycles. The summed E-state index contributed by atoms with van der Waals surface area (Å²) in [6.07, 6.45) is -2.95. The van der Waals surface area contributed by atoms with Crippen molar-refractivity contribution in [2.45, 2.75) is 44.9 Å². The van der Waals surface area contributed by atoms with Crippen LogP contribution in [0.4, 0.5) is 13.2 Å². The second-order valence-electron chi connectivity index (χ2n) is 5.97.